The summed E-state index contributed by atoms with van der Waals surface area (Å²) in [7, 11) is 0. The maximum atomic E-state index is 11.4. The Kier molecular flexibility index (Phi) is 3.67. The molecule has 5 rings (SSSR count). The SMILES string of the molecule is CC(C)C12CN3CC(C(C)C)(CN(C1)C3c1ccc(O)c(O)c1)C2O. The van der Waals surface area contributed by atoms with Gasteiger partial charge in [-0.2, -0.15) is 0 Å². The van der Waals surface area contributed by atoms with E-state index in [1.807, 2.05) is 6.07 Å². The van der Waals surface area contributed by atoms with Gasteiger partial charge >= 0.3 is 0 Å². The molecule has 4 bridgehead atoms. The van der Waals surface area contributed by atoms with Crippen molar-refractivity contribution in [3.8, 4) is 11.5 Å². The molecule has 0 unspecified atom stereocenters. The van der Waals surface area contributed by atoms with Gasteiger partial charge in [-0.05, 0) is 29.5 Å². The van der Waals surface area contributed by atoms with Crippen LogP contribution in [-0.4, -0.2) is 57.4 Å². The van der Waals surface area contributed by atoms with Crippen molar-refractivity contribution in [2.45, 2.75) is 40.0 Å². The Balaban J connectivity index is 1.77. The summed E-state index contributed by atoms with van der Waals surface area (Å²) in [5.74, 6) is 0.664. The van der Waals surface area contributed by atoms with E-state index in [4.69, 9.17) is 0 Å². The molecule has 4 aliphatic heterocycles. The van der Waals surface area contributed by atoms with Crippen molar-refractivity contribution in [2.75, 3.05) is 26.2 Å². The Morgan fingerprint density at radius 1 is 0.880 bits per heavy atom. The van der Waals surface area contributed by atoms with Gasteiger partial charge in [0.2, 0.25) is 0 Å². The Bertz CT molecular complexity index is 644. The number of benzene rings is 1. The van der Waals surface area contributed by atoms with E-state index >= 15 is 0 Å². The number of nitrogens with zero attached hydrogens (tertiary/aromatic N) is 2. The van der Waals surface area contributed by atoms with Crippen molar-refractivity contribution < 1.29 is 15.3 Å². The summed E-state index contributed by atoms with van der Waals surface area (Å²) in [4.78, 5) is 4.96. The first kappa shape index (κ1) is 17.1. The third-order valence-corrected chi connectivity index (χ3v) is 7.37. The molecule has 25 heavy (non-hydrogen) atoms. The quantitative estimate of drug-likeness (QED) is 0.734. The fourth-order valence-electron chi connectivity index (χ4n) is 5.70. The third-order valence-electron chi connectivity index (χ3n) is 7.37. The summed E-state index contributed by atoms with van der Waals surface area (Å²) in [5, 5.41) is 31.0. The maximum absolute atomic E-state index is 11.4. The van der Waals surface area contributed by atoms with Crippen molar-refractivity contribution in [1.82, 2.24) is 9.80 Å². The van der Waals surface area contributed by atoms with Crippen LogP contribution in [0.3, 0.4) is 0 Å². The van der Waals surface area contributed by atoms with E-state index in [1.54, 1.807) is 12.1 Å². The molecule has 0 amide bonds. The summed E-state index contributed by atoms with van der Waals surface area (Å²) in [6.07, 6.45) is -0.167. The van der Waals surface area contributed by atoms with Gasteiger partial charge in [0.05, 0.1) is 12.3 Å². The summed E-state index contributed by atoms with van der Waals surface area (Å²) in [5.41, 5.74) is 0.813. The molecule has 4 saturated heterocycles. The van der Waals surface area contributed by atoms with Gasteiger partial charge in [-0.15, -0.1) is 0 Å². The molecule has 0 aliphatic carbocycles. The van der Waals surface area contributed by atoms with Crippen LogP contribution in [0.2, 0.25) is 0 Å². The monoisotopic (exact) mass is 346 g/mol. The van der Waals surface area contributed by atoms with E-state index in [2.05, 4.69) is 37.5 Å². The molecule has 0 radical (unpaired) electrons. The standard InChI is InChI=1S/C20H30N2O3/c1-12(2)19-8-21-10-20(13(3)4,18(19)25)11-22(9-19)17(21)14-5-6-15(23)16(24)7-14/h5-7,12-13,17-18,23-25H,8-11H2,1-4H3. The number of rotatable bonds is 3. The number of phenols is 2. The molecule has 0 aromatic heterocycles. The smallest absolute Gasteiger partial charge is 0.157 e. The van der Waals surface area contributed by atoms with Gasteiger partial charge in [0, 0.05) is 37.0 Å². The minimum absolute atomic E-state index is 0.0640. The Morgan fingerprint density at radius 3 is 1.76 bits per heavy atom. The summed E-state index contributed by atoms with van der Waals surface area (Å²) in [6.45, 7) is 12.4. The normalized spacial score (nSPS) is 42.5. The number of phenolic OH excluding ortho intramolecular Hbond substituents is 2. The van der Waals surface area contributed by atoms with Crippen LogP contribution in [0, 0.1) is 22.7 Å². The predicted octanol–water partition coefficient (Wildman–Crippen LogP) is 2.39. The second-order valence-electron chi connectivity index (χ2n) is 9.11. The first-order valence-electron chi connectivity index (χ1n) is 9.39. The molecule has 1 aromatic rings. The topological polar surface area (TPSA) is 67.2 Å². The number of hydrogen-bond acceptors (Lipinski definition) is 5. The van der Waals surface area contributed by atoms with E-state index in [9.17, 15) is 15.3 Å². The molecule has 4 fully saturated rings. The first-order chi connectivity index (χ1) is 11.7. The second-order valence-corrected chi connectivity index (χ2v) is 9.11. The van der Waals surface area contributed by atoms with Crippen molar-refractivity contribution in [1.29, 1.82) is 0 Å². The van der Waals surface area contributed by atoms with Crippen LogP contribution in [0.4, 0.5) is 0 Å². The van der Waals surface area contributed by atoms with Crippen molar-refractivity contribution in [2.24, 2.45) is 22.7 Å². The van der Waals surface area contributed by atoms with Crippen molar-refractivity contribution in [3.63, 3.8) is 0 Å². The second kappa shape index (κ2) is 5.35. The van der Waals surface area contributed by atoms with Crippen LogP contribution < -0.4 is 0 Å². The van der Waals surface area contributed by atoms with Gasteiger partial charge in [0.1, 0.15) is 0 Å². The highest BCUT2D eigenvalue weighted by atomic mass is 16.3. The van der Waals surface area contributed by atoms with Gasteiger partial charge in [0.15, 0.2) is 11.5 Å². The summed E-state index contributed by atoms with van der Waals surface area (Å²) >= 11 is 0. The zero-order valence-corrected chi connectivity index (χ0v) is 15.6. The lowest BCUT2D eigenvalue weighted by Gasteiger charge is -2.71. The molecular weight excluding hydrogens is 316 g/mol. The van der Waals surface area contributed by atoms with E-state index in [0.717, 1.165) is 31.7 Å². The molecule has 5 nitrogen and oxygen atoms in total. The number of aliphatic hydroxyl groups excluding tert-OH is 1. The van der Waals surface area contributed by atoms with Crippen LogP contribution >= 0.6 is 0 Å². The van der Waals surface area contributed by atoms with Crippen LogP contribution in [0.1, 0.15) is 39.4 Å². The number of piperidine rings is 2. The average molecular weight is 346 g/mol. The number of aliphatic hydroxyl groups is 1. The van der Waals surface area contributed by atoms with Crippen molar-refractivity contribution in [3.05, 3.63) is 23.8 Å². The van der Waals surface area contributed by atoms with E-state index in [-0.39, 0.29) is 34.6 Å². The predicted molar refractivity (Wildman–Crippen MR) is 96.2 cm³/mol. The van der Waals surface area contributed by atoms with Crippen LogP contribution in [0.25, 0.3) is 0 Å². The van der Waals surface area contributed by atoms with Gasteiger partial charge < -0.3 is 15.3 Å². The Morgan fingerprint density at radius 2 is 1.36 bits per heavy atom. The number of aromatic hydroxyl groups is 2. The van der Waals surface area contributed by atoms with Gasteiger partial charge in [-0.25, -0.2) is 0 Å². The zero-order valence-electron chi connectivity index (χ0n) is 15.6. The molecule has 1 aromatic carbocycles. The molecule has 4 aliphatic rings. The van der Waals surface area contributed by atoms with Crippen LogP contribution in [0.5, 0.6) is 11.5 Å². The van der Waals surface area contributed by atoms with E-state index in [1.165, 1.54) is 0 Å². The van der Waals surface area contributed by atoms with Gasteiger partial charge in [-0.1, -0.05) is 33.8 Å². The lowest BCUT2D eigenvalue weighted by molar-refractivity contribution is -0.287. The highest BCUT2D eigenvalue weighted by Gasteiger charge is 2.66. The molecule has 0 spiro atoms. The lowest BCUT2D eigenvalue weighted by atomic mass is 9.52. The molecular formula is C20H30N2O3. The summed E-state index contributed by atoms with van der Waals surface area (Å²) < 4.78 is 0. The lowest BCUT2D eigenvalue weighted by Crippen LogP contribution is -2.80. The molecule has 3 N–H and O–H groups in total. The Hall–Kier alpha value is -1.30. The molecule has 0 atom stereocenters. The number of hydrogen-bond donors (Lipinski definition) is 3. The van der Waals surface area contributed by atoms with Gasteiger partial charge in [0.25, 0.3) is 0 Å². The fraction of sp³-hybridized carbons (Fsp3) is 0.700. The summed E-state index contributed by atoms with van der Waals surface area (Å²) in [6, 6.07) is 5.16. The largest absolute Gasteiger partial charge is 0.504 e. The fourth-order valence-corrected chi connectivity index (χ4v) is 5.70. The molecule has 5 heteroatoms. The third kappa shape index (κ3) is 2.12. The highest BCUT2D eigenvalue weighted by molar-refractivity contribution is 5.42. The zero-order chi connectivity index (χ0) is 18.1. The molecule has 138 valence electrons. The Labute approximate surface area is 149 Å². The van der Waals surface area contributed by atoms with Crippen LogP contribution in [0.15, 0.2) is 18.2 Å². The first-order valence-corrected chi connectivity index (χ1v) is 9.39. The van der Waals surface area contributed by atoms with Gasteiger partial charge in [-0.3, -0.25) is 9.80 Å². The minimum atomic E-state index is -0.276. The minimum Gasteiger partial charge on any atom is -0.504 e. The molecule has 0 saturated carbocycles. The van der Waals surface area contributed by atoms with Crippen LogP contribution in [-0.2, 0) is 0 Å². The van der Waals surface area contributed by atoms with Crippen molar-refractivity contribution >= 4 is 0 Å². The molecule has 4 heterocycles. The van der Waals surface area contributed by atoms with E-state index < -0.39 is 0 Å². The average Bonchev–Trinajstić information content (AvgIpc) is 2.53. The van der Waals surface area contributed by atoms with E-state index in [0.29, 0.717) is 11.8 Å². The highest BCUT2D eigenvalue weighted by Crippen LogP contribution is 2.59. The maximum Gasteiger partial charge on any atom is 0.157 e.